The highest BCUT2D eigenvalue weighted by Gasteiger charge is 2.19. The highest BCUT2D eigenvalue weighted by Crippen LogP contribution is 2.41. The number of furan rings is 1. The molecule has 0 amide bonds. The first-order valence-electron chi connectivity index (χ1n) is 18.8. The molecule has 262 valence electrons. The van der Waals surface area contributed by atoms with Crippen LogP contribution >= 0.6 is 0 Å². The molecule has 0 unspecified atom stereocenters. The van der Waals surface area contributed by atoms with Crippen LogP contribution in [-0.4, -0.2) is 19.5 Å². The molecule has 0 radical (unpaired) electrons. The summed E-state index contributed by atoms with van der Waals surface area (Å²) in [7, 11) is 0. The molecule has 11 aromatic rings. The van der Waals surface area contributed by atoms with Crippen LogP contribution in [0.2, 0.25) is 0 Å². The fourth-order valence-corrected chi connectivity index (χ4v) is 8.10. The topological polar surface area (TPSA) is 56.7 Å². The first kappa shape index (κ1) is 31.9. The van der Waals surface area contributed by atoms with Gasteiger partial charge >= 0.3 is 0 Å². The van der Waals surface area contributed by atoms with Gasteiger partial charge in [-0.05, 0) is 58.7 Å². The number of rotatable bonds is 6. The quantitative estimate of drug-likeness (QED) is 0.172. The largest absolute Gasteiger partial charge is 0.456 e. The molecule has 0 atom stereocenters. The summed E-state index contributed by atoms with van der Waals surface area (Å²) in [4.78, 5) is 15.1. The van der Waals surface area contributed by atoms with Gasteiger partial charge in [0.05, 0.1) is 11.0 Å². The van der Waals surface area contributed by atoms with E-state index in [0.717, 1.165) is 77.6 Å². The minimum atomic E-state index is 0.626. The molecule has 5 heteroatoms. The van der Waals surface area contributed by atoms with Gasteiger partial charge in [0.15, 0.2) is 17.5 Å². The van der Waals surface area contributed by atoms with Gasteiger partial charge in [-0.25, -0.2) is 15.0 Å². The van der Waals surface area contributed by atoms with E-state index in [1.807, 2.05) is 72.8 Å². The molecule has 0 bridgehead atoms. The van der Waals surface area contributed by atoms with Gasteiger partial charge in [-0.1, -0.05) is 158 Å². The molecule has 0 aliphatic rings. The van der Waals surface area contributed by atoms with Crippen molar-refractivity contribution in [1.82, 2.24) is 19.5 Å². The van der Waals surface area contributed by atoms with Crippen molar-refractivity contribution in [3.8, 4) is 62.1 Å². The summed E-state index contributed by atoms with van der Waals surface area (Å²) in [5.74, 6) is 1.90. The number of aromatic nitrogens is 4. The molecular formula is C51H32N4O. The summed E-state index contributed by atoms with van der Waals surface area (Å²) in [5, 5.41) is 4.66. The molecule has 0 spiro atoms. The number of hydrogen-bond acceptors (Lipinski definition) is 4. The Labute approximate surface area is 322 Å². The van der Waals surface area contributed by atoms with Gasteiger partial charge in [-0.2, -0.15) is 0 Å². The Hall–Kier alpha value is -7.63. The minimum absolute atomic E-state index is 0.626. The summed E-state index contributed by atoms with van der Waals surface area (Å²) < 4.78 is 8.67. The summed E-state index contributed by atoms with van der Waals surface area (Å²) >= 11 is 0. The van der Waals surface area contributed by atoms with Crippen molar-refractivity contribution in [2.45, 2.75) is 0 Å². The van der Waals surface area contributed by atoms with Crippen LogP contribution < -0.4 is 0 Å². The maximum atomic E-state index is 6.28. The molecule has 0 aliphatic carbocycles. The van der Waals surface area contributed by atoms with Crippen molar-refractivity contribution in [3.63, 3.8) is 0 Å². The number of fused-ring (bicyclic) bond motifs is 6. The second-order valence-electron chi connectivity index (χ2n) is 14.0. The van der Waals surface area contributed by atoms with E-state index in [4.69, 9.17) is 19.4 Å². The summed E-state index contributed by atoms with van der Waals surface area (Å²) in [5.41, 5.74) is 12.3. The lowest BCUT2D eigenvalue weighted by molar-refractivity contribution is 0.669. The third-order valence-electron chi connectivity index (χ3n) is 10.7. The van der Waals surface area contributed by atoms with E-state index in [1.54, 1.807) is 0 Å². The Morgan fingerprint density at radius 1 is 0.339 bits per heavy atom. The zero-order valence-corrected chi connectivity index (χ0v) is 30.2. The predicted octanol–water partition coefficient (Wildman–Crippen LogP) is 13.2. The van der Waals surface area contributed by atoms with Crippen LogP contribution in [0.3, 0.4) is 0 Å². The van der Waals surface area contributed by atoms with E-state index >= 15 is 0 Å². The molecule has 5 nitrogen and oxygen atoms in total. The molecule has 0 N–H and O–H groups in total. The van der Waals surface area contributed by atoms with Gasteiger partial charge in [0.1, 0.15) is 11.2 Å². The molecule has 0 aliphatic heterocycles. The summed E-state index contributed by atoms with van der Waals surface area (Å²) in [6.45, 7) is 0. The van der Waals surface area contributed by atoms with Crippen LogP contribution in [-0.2, 0) is 0 Å². The minimum Gasteiger partial charge on any atom is -0.456 e. The smallest absolute Gasteiger partial charge is 0.164 e. The molecule has 3 heterocycles. The van der Waals surface area contributed by atoms with E-state index in [0.29, 0.717) is 17.5 Å². The van der Waals surface area contributed by atoms with E-state index in [2.05, 4.69) is 126 Å². The van der Waals surface area contributed by atoms with Crippen molar-refractivity contribution < 1.29 is 4.42 Å². The van der Waals surface area contributed by atoms with Crippen molar-refractivity contribution in [2.24, 2.45) is 0 Å². The van der Waals surface area contributed by atoms with Gasteiger partial charge in [0.25, 0.3) is 0 Å². The molecule has 0 fully saturated rings. The van der Waals surface area contributed by atoms with Gasteiger partial charge in [-0.3, -0.25) is 0 Å². The molecule has 8 aromatic carbocycles. The Kier molecular flexibility index (Phi) is 7.42. The van der Waals surface area contributed by atoms with Crippen LogP contribution in [0.25, 0.3) is 106 Å². The highest BCUT2D eigenvalue weighted by atomic mass is 16.3. The average molecular weight is 717 g/mol. The Balaban J connectivity index is 1.09. The Morgan fingerprint density at radius 3 is 1.68 bits per heavy atom. The third kappa shape index (κ3) is 5.29. The van der Waals surface area contributed by atoms with Crippen molar-refractivity contribution in [3.05, 3.63) is 194 Å². The van der Waals surface area contributed by atoms with Crippen molar-refractivity contribution >= 4 is 43.7 Å². The van der Waals surface area contributed by atoms with E-state index in [9.17, 15) is 0 Å². The maximum absolute atomic E-state index is 6.28. The van der Waals surface area contributed by atoms with Crippen LogP contribution in [0, 0.1) is 0 Å². The standard InChI is InChI=1S/C51H32N4O/c1-3-15-33(16-4-1)49-52-50(34-17-5-2-6-18-34)54-51(53-49)42-23-8-7-21-38(42)35-19-13-20-37(31-35)55-44-26-11-9-22-40(44)41-30-29-36(32-45(41)55)39-25-14-28-47-48(39)43-24-10-12-27-46(43)56-47/h1-32H. The fraction of sp³-hybridized carbons (Fsp3) is 0. The summed E-state index contributed by atoms with van der Waals surface area (Å²) in [6, 6.07) is 67.5. The maximum Gasteiger partial charge on any atom is 0.164 e. The van der Waals surface area contributed by atoms with Gasteiger partial charge in [-0.15, -0.1) is 0 Å². The lowest BCUT2D eigenvalue weighted by atomic mass is 9.98. The zero-order chi connectivity index (χ0) is 37.0. The van der Waals surface area contributed by atoms with E-state index in [-0.39, 0.29) is 0 Å². The van der Waals surface area contributed by atoms with Gasteiger partial charge in [0, 0.05) is 43.9 Å². The fourth-order valence-electron chi connectivity index (χ4n) is 8.10. The number of hydrogen-bond donors (Lipinski definition) is 0. The molecule has 0 saturated heterocycles. The lowest BCUT2D eigenvalue weighted by Gasteiger charge is -2.14. The predicted molar refractivity (Wildman–Crippen MR) is 229 cm³/mol. The monoisotopic (exact) mass is 716 g/mol. The third-order valence-corrected chi connectivity index (χ3v) is 10.7. The second-order valence-corrected chi connectivity index (χ2v) is 14.0. The van der Waals surface area contributed by atoms with Gasteiger partial charge in [0.2, 0.25) is 0 Å². The van der Waals surface area contributed by atoms with Crippen LogP contribution in [0.1, 0.15) is 0 Å². The number of benzene rings is 8. The SMILES string of the molecule is c1ccc(-c2nc(-c3ccccc3)nc(-c3ccccc3-c3cccc(-n4c5ccccc5c5ccc(-c6cccc7oc8ccccc8c67)cc54)c3)n2)cc1. The normalized spacial score (nSPS) is 11.6. The van der Waals surface area contributed by atoms with Crippen molar-refractivity contribution in [2.75, 3.05) is 0 Å². The molecular weight excluding hydrogens is 685 g/mol. The Morgan fingerprint density at radius 2 is 0.893 bits per heavy atom. The molecule has 11 rings (SSSR count). The van der Waals surface area contributed by atoms with Gasteiger partial charge < -0.3 is 8.98 Å². The van der Waals surface area contributed by atoms with Crippen LogP contribution in [0.4, 0.5) is 0 Å². The average Bonchev–Trinajstić information content (AvgIpc) is 3.82. The van der Waals surface area contributed by atoms with E-state index in [1.165, 1.54) is 10.8 Å². The molecule has 0 saturated carbocycles. The van der Waals surface area contributed by atoms with Crippen LogP contribution in [0.15, 0.2) is 199 Å². The summed E-state index contributed by atoms with van der Waals surface area (Å²) in [6.07, 6.45) is 0. The first-order chi connectivity index (χ1) is 27.8. The zero-order valence-electron chi connectivity index (χ0n) is 30.2. The highest BCUT2D eigenvalue weighted by molar-refractivity contribution is 6.14. The van der Waals surface area contributed by atoms with E-state index < -0.39 is 0 Å². The first-order valence-corrected chi connectivity index (χ1v) is 18.8. The van der Waals surface area contributed by atoms with Crippen molar-refractivity contribution in [1.29, 1.82) is 0 Å². The van der Waals surface area contributed by atoms with Crippen LogP contribution in [0.5, 0.6) is 0 Å². The number of nitrogens with zero attached hydrogens (tertiary/aromatic N) is 4. The lowest BCUT2D eigenvalue weighted by Crippen LogP contribution is -2.01. The molecule has 3 aromatic heterocycles. The Bertz CT molecular complexity index is 3200. The molecule has 56 heavy (non-hydrogen) atoms. The second kappa shape index (κ2) is 13.0. The number of para-hydroxylation sites is 2.